The first-order chi connectivity index (χ1) is 2.41. The Bertz CT molecular complexity index is 28.7. The maximum absolute atomic E-state index is 4.60. The monoisotopic (exact) mass is 95.0 g/mol. The third-order valence-electron chi connectivity index (χ3n) is 0.285. The Morgan fingerprint density at radius 2 is 2.33 bits per heavy atom. The molecule has 0 N–H and O–H groups in total. The van der Waals surface area contributed by atoms with Crippen molar-refractivity contribution >= 4 is 29.6 Å². The molecule has 0 aliphatic carbocycles. The molecule has 0 spiro atoms. The third-order valence-corrected chi connectivity index (χ3v) is 0.285. The van der Waals surface area contributed by atoms with E-state index in [2.05, 4.69) is 11.3 Å². The van der Waals surface area contributed by atoms with Gasteiger partial charge in [-0.2, -0.15) is 0 Å². The zero-order valence-electron chi connectivity index (χ0n) is 4.40. The maximum Gasteiger partial charge on any atom is 0.0844 e. The molecule has 0 fully saturated rings. The minimum absolute atomic E-state index is 0. The molecular weight excluding hydrogens is 87.0 g/mol. The Morgan fingerprint density at radius 3 is 2.33 bits per heavy atom. The topological polar surface area (TPSA) is 9.23 Å². The van der Waals surface area contributed by atoms with Crippen LogP contribution in [0.2, 0.25) is 0 Å². The van der Waals surface area contributed by atoms with Crippen LogP contribution in [0.4, 0.5) is 0 Å². The summed E-state index contributed by atoms with van der Waals surface area (Å²) in [4.78, 5) is 0. The van der Waals surface area contributed by atoms with Crippen LogP contribution in [0, 0.1) is 0 Å². The molecule has 2 heteroatoms. The van der Waals surface area contributed by atoms with Gasteiger partial charge in [0.15, 0.2) is 0 Å². The molecule has 0 amide bonds. The van der Waals surface area contributed by atoms with Gasteiger partial charge in [-0.1, -0.05) is 6.58 Å². The molecule has 0 aromatic heterocycles. The molecule has 0 aromatic carbocycles. The number of ether oxygens (including phenoxy) is 1. The Kier molecular flexibility index (Phi) is 14.8. The quantitative estimate of drug-likeness (QED) is 0.364. The van der Waals surface area contributed by atoms with Crippen LogP contribution >= 0.6 is 0 Å². The predicted molar refractivity (Wildman–Crippen MR) is 27.6 cm³/mol. The average molecular weight is 95.1 g/mol. The first-order valence-corrected chi connectivity index (χ1v) is 1.64. The van der Waals surface area contributed by atoms with Crippen LogP contribution in [-0.2, 0) is 4.74 Å². The van der Waals surface area contributed by atoms with Crippen molar-refractivity contribution in [1.82, 2.24) is 0 Å². The third kappa shape index (κ3) is 8.82. The molecule has 6 heavy (non-hydrogen) atoms. The van der Waals surface area contributed by atoms with Crippen molar-refractivity contribution in [2.75, 3.05) is 6.61 Å². The van der Waals surface area contributed by atoms with E-state index in [1.54, 1.807) is 0 Å². The molecule has 31 valence electrons. The second-order valence-corrected chi connectivity index (χ2v) is 0.622. The van der Waals surface area contributed by atoms with Crippen LogP contribution < -0.4 is 0 Å². The molecule has 0 aliphatic heterocycles. The fraction of sp³-hybridized carbons (Fsp3) is 0.500. The molecule has 0 saturated carbocycles. The SMILES string of the molecule is C=COCC.[Na]. The molecule has 0 atom stereocenters. The van der Waals surface area contributed by atoms with Crippen molar-refractivity contribution in [1.29, 1.82) is 0 Å². The van der Waals surface area contributed by atoms with Gasteiger partial charge in [0.25, 0.3) is 0 Å². The Labute approximate surface area is 60.7 Å². The van der Waals surface area contributed by atoms with Gasteiger partial charge in [0.1, 0.15) is 0 Å². The molecule has 0 unspecified atom stereocenters. The summed E-state index contributed by atoms with van der Waals surface area (Å²) in [5, 5.41) is 0. The molecule has 0 aromatic rings. The Balaban J connectivity index is 0. The van der Waals surface area contributed by atoms with E-state index >= 15 is 0 Å². The summed E-state index contributed by atoms with van der Waals surface area (Å²) in [5.41, 5.74) is 0. The van der Waals surface area contributed by atoms with Crippen LogP contribution in [0.15, 0.2) is 12.8 Å². The summed E-state index contributed by atoms with van der Waals surface area (Å²) in [6, 6.07) is 0. The van der Waals surface area contributed by atoms with Crippen molar-refractivity contribution in [3.63, 3.8) is 0 Å². The van der Waals surface area contributed by atoms with E-state index in [0.29, 0.717) is 0 Å². The van der Waals surface area contributed by atoms with Crippen molar-refractivity contribution in [3.05, 3.63) is 12.8 Å². The van der Waals surface area contributed by atoms with Gasteiger partial charge in [-0.3, -0.25) is 0 Å². The van der Waals surface area contributed by atoms with Gasteiger partial charge in [-0.05, 0) is 6.92 Å². The van der Waals surface area contributed by atoms with Gasteiger partial charge in [0.05, 0.1) is 12.9 Å². The van der Waals surface area contributed by atoms with Gasteiger partial charge in [-0.15, -0.1) is 0 Å². The summed E-state index contributed by atoms with van der Waals surface area (Å²) < 4.78 is 4.60. The fourth-order valence-electron chi connectivity index (χ4n) is 0.118. The summed E-state index contributed by atoms with van der Waals surface area (Å²) in [6.07, 6.45) is 1.43. The fourth-order valence-corrected chi connectivity index (χ4v) is 0.118. The Hall–Kier alpha value is 0.540. The van der Waals surface area contributed by atoms with Gasteiger partial charge < -0.3 is 4.74 Å². The van der Waals surface area contributed by atoms with Gasteiger partial charge >= 0.3 is 0 Å². The smallest absolute Gasteiger partial charge is 0.0844 e. The van der Waals surface area contributed by atoms with Crippen molar-refractivity contribution in [2.24, 2.45) is 0 Å². The maximum atomic E-state index is 4.60. The van der Waals surface area contributed by atoms with E-state index in [0.717, 1.165) is 6.61 Å². The molecule has 0 aliphatic rings. The van der Waals surface area contributed by atoms with Crippen LogP contribution in [0.1, 0.15) is 6.92 Å². The zero-order chi connectivity index (χ0) is 4.12. The molecule has 0 bridgehead atoms. The second kappa shape index (κ2) is 9.11. The molecule has 1 nitrogen and oxygen atoms in total. The molecule has 0 saturated heterocycles. The summed E-state index contributed by atoms with van der Waals surface area (Å²) in [7, 11) is 0. The minimum Gasteiger partial charge on any atom is -0.502 e. The number of hydrogen-bond acceptors (Lipinski definition) is 1. The van der Waals surface area contributed by atoms with Crippen LogP contribution in [-0.4, -0.2) is 36.2 Å². The molecule has 1 radical (unpaired) electrons. The largest absolute Gasteiger partial charge is 0.502 e. The van der Waals surface area contributed by atoms with Gasteiger partial charge in [0, 0.05) is 29.6 Å². The number of rotatable bonds is 2. The van der Waals surface area contributed by atoms with Crippen LogP contribution in [0.5, 0.6) is 0 Å². The predicted octanol–water partition coefficient (Wildman–Crippen LogP) is 0.786. The number of hydrogen-bond donors (Lipinski definition) is 0. The van der Waals surface area contributed by atoms with Crippen molar-refractivity contribution in [2.45, 2.75) is 6.92 Å². The van der Waals surface area contributed by atoms with Crippen molar-refractivity contribution < 1.29 is 4.74 Å². The van der Waals surface area contributed by atoms with Gasteiger partial charge in [0.2, 0.25) is 0 Å². The summed E-state index contributed by atoms with van der Waals surface area (Å²) in [6.45, 7) is 5.97. The molecule has 0 heterocycles. The first kappa shape index (κ1) is 9.74. The Morgan fingerprint density at radius 1 is 1.83 bits per heavy atom. The van der Waals surface area contributed by atoms with Crippen molar-refractivity contribution in [3.8, 4) is 0 Å². The zero-order valence-corrected chi connectivity index (χ0v) is 6.40. The van der Waals surface area contributed by atoms with E-state index < -0.39 is 0 Å². The molecule has 0 rings (SSSR count). The molecular formula is C4H8NaO. The van der Waals surface area contributed by atoms with Crippen LogP contribution in [0.3, 0.4) is 0 Å². The van der Waals surface area contributed by atoms with Gasteiger partial charge in [-0.25, -0.2) is 0 Å². The summed E-state index contributed by atoms with van der Waals surface area (Å²) in [5.74, 6) is 0. The van der Waals surface area contributed by atoms with E-state index in [-0.39, 0.29) is 29.6 Å². The average Bonchev–Trinajstić information content (AvgIpc) is 1.41. The van der Waals surface area contributed by atoms with E-state index in [1.807, 2.05) is 6.92 Å². The van der Waals surface area contributed by atoms with Crippen LogP contribution in [0.25, 0.3) is 0 Å². The second-order valence-electron chi connectivity index (χ2n) is 0.622. The van der Waals surface area contributed by atoms with E-state index in [4.69, 9.17) is 0 Å². The van der Waals surface area contributed by atoms with E-state index in [1.165, 1.54) is 6.26 Å². The first-order valence-electron chi connectivity index (χ1n) is 1.64. The summed E-state index contributed by atoms with van der Waals surface area (Å²) >= 11 is 0. The normalized spacial score (nSPS) is 5.50. The minimum atomic E-state index is 0. The standard InChI is InChI=1S/C4H8O.Na/c1-3-5-4-2;/h3H,1,4H2,2H3;. The van der Waals surface area contributed by atoms with E-state index in [9.17, 15) is 0 Å².